The van der Waals surface area contributed by atoms with E-state index in [1.807, 2.05) is 6.07 Å². The van der Waals surface area contributed by atoms with Crippen molar-refractivity contribution in [1.82, 2.24) is 4.90 Å². The summed E-state index contributed by atoms with van der Waals surface area (Å²) < 4.78 is 5.40. The van der Waals surface area contributed by atoms with Gasteiger partial charge in [-0.15, -0.1) is 0 Å². The van der Waals surface area contributed by atoms with E-state index in [2.05, 4.69) is 47.4 Å². The van der Waals surface area contributed by atoms with Gasteiger partial charge in [-0.25, -0.2) is 0 Å². The second kappa shape index (κ2) is 9.75. The zero-order valence-electron chi connectivity index (χ0n) is 16.0. The molecule has 2 N–H and O–H groups in total. The first-order valence-electron chi connectivity index (χ1n) is 9.90. The van der Waals surface area contributed by atoms with Gasteiger partial charge in [0.15, 0.2) is 0 Å². The van der Waals surface area contributed by atoms with Gasteiger partial charge < -0.3 is 10.5 Å². The Labute approximate surface area is 158 Å². The second-order valence-electron chi connectivity index (χ2n) is 7.55. The highest BCUT2D eigenvalue weighted by Crippen LogP contribution is 2.26. The maximum atomic E-state index is 5.73. The highest BCUT2D eigenvalue weighted by atomic mass is 16.5. The lowest BCUT2D eigenvalue weighted by molar-refractivity contribution is 0.186. The predicted molar refractivity (Wildman–Crippen MR) is 108 cm³/mol. The summed E-state index contributed by atoms with van der Waals surface area (Å²) in [6, 6.07) is 17.2. The molecule has 0 atom stereocenters. The molecule has 0 amide bonds. The molecule has 3 rings (SSSR count). The fraction of sp³-hybridized carbons (Fsp3) is 0.478. The molecule has 1 aliphatic rings. The third kappa shape index (κ3) is 5.58. The summed E-state index contributed by atoms with van der Waals surface area (Å²) in [5, 5.41) is 0. The van der Waals surface area contributed by atoms with Crippen molar-refractivity contribution in [3.05, 3.63) is 65.2 Å². The van der Waals surface area contributed by atoms with Crippen LogP contribution in [-0.2, 0) is 19.6 Å². The fourth-order valence-electron chi connectivity index (χ4n) is 3.99. The van der Waals surface area contributed by atoms with E-state index >= 15 is 0 Å². The summed E-state index contributed by atoms with van der Waals surface area (Å²) in [5.41, 5.74) is 9.61. The molecule has 3 heteroatoms. The zero-order chi connectivity index (χ0) is 18.2. The van der Waals surface area contributed by atoms with E-state index in [1.54, 1.807) is 7.11 Å². The van der Waals surface area contributed by atoms with Crippen molar-refractivity contribution >= 4 is 0 Å². The Kier molecular flexibility index (Phi) is 7.10. The Morgan fingerprint density at radius 2 is 1.62 bits per heavy atom. The second-order valence-corrected chi connectivity index (χ2v) is 7.55. The monoisotopic (exact) mass is 352 g/mol. The number of nitrogens with zero attached hydrogens (tertiary/aromatic N) is 1. The highest BCUT2D eigenvalue weighted by Gasteiger charge is 2.18. The number of nitrogens with two attached hydrogens (primary N) is 1. The van der Waals surface area contributed by atoms with E-state index in [4.69, 9.17) is 10.5 Å². The average molecular weight is 353 g/mol. The first-order chi connectivity index (χ1) is 12.8. The summed E-state index contributed by atoms with van der Waals surface area (Å²) in [6.45, 7) is 3.73. The molecule has 0 saturated heterocycles. The molecule has 0 bridgehead atoms. The zero-order valence-corrected chi connectivity index (χ0v) is 16.0. The Morgan fingerprint density at radius 3 is 2.31 bits per heavy atom. The van der Waals surface area contributed by atoms with Crippen LogP contribution in [0.5, 0.6) is 5.75 Å². The molecule has 0 spiro atoms. The maximum absolute atomic E-state index is 5.73. The molecular formula is C23H32N2O. The van der Waals surface area contributed by atoms with Crippen molar-refractivity contribution in [2.24, 2.45) is 11.7 Å². The average Bonchev–Trinajstić information content (AvgIpc) is 2.69. The van der Waals surface area contributed by atoms with Crippen LogP contribution in [0.1, 0.15) is 48.8 Å². The number of ether oxygens (including phenoxy) is 1. The van der Waals surface area contributed by atoms with Gasteiger partial charge in [0, 0.05) is 26.2 Å². The van der Waals surface area contributed by atoms with Crippen LogP contribution in [0.3, 0.4) is 0 Å². The Hall–Kier alpha value is -1.84. The number of methoxy groups -OCH3 is 1. The van der Waals surface area contributed by atoms with Gasteiger partial charge in [0.2, 0.25) is 0 Å². The first-order valence-corrected chi connectivity index (χ1v) is 9.90. The minimum Gasteiger partial charge on any atom is -0.497 e. The van der Waals surface area contributed by atoms with Gasteiger partial charge in [-0.3, -0.25) is 4.90 Å². The number of rotatable bonds is 8. The molecule has 26 heavy (non-hydrogen) atoms. The minimum absolute atomic E-state index is 0.607. The van der Waals surface area contributed by atoms with Crippen molar-refractivity contribution in [2.45, 2.75) is 51.7 Å². The third-order valence-corrected chi connectivity index (χ3v) is 5.45. The first kappa shape index (κ1) is 18.9. The smallest absolute Gasteiger partial charge is 0.119 e. The van der Waals surface area contributed by atoms with Gasteiger partial charge in [0.05, 0.1) is 7.11 Å². The summed E-state index contributed by atoms with van der Waals surface area (Å²) in [4.78, 5) is 2.60. The van der Waals surface area contributed by atoms with Crippen molar-refractivity contribution in [1.29, 1.82) is 0 Å². The predicted octanol–water partition coefficient (Wildman–Crippen LogP) is 4.74. The van der Waals surface area contributed by atoms with Gasteiger partial charge in [0.25, 0.3) is 0 Å². The van der Waals surface area contributed by atoms with Gasteiger partial charge in [-0.05, 0) is 47.6 Å². The fourth-order valence-corrected chi connectivity index (χ4v) is 3.99. The van der Waals surface area contributed by atoms with Crippen LogP contribution in [0.4, 0.5) is 0 Å². The lowest BCUT2D eigenvalue weighted by atomic mass is 9.88. The largest absolute Gasteiger partial charge is 0.497 e. The Bertz CT molecular complexity index is 662. The molecule has 2 aromatic rings. The van der Waals surface area contributed by atoms with Crippen LogP contribution in [0.15, 0.2) is 48.5 Å². The van der Waals surface area contributed by atoms with Crippen molar-refractivity contribution in [2.75, 3.05) is 13.7 Å². The number of benzene rings is 2. The van der Waals surface area contributed by atoms with Crippen LogP contribution in [-0.4, -0.2) is 18.6 Å². The Balaban J connectivity index is 1.70. The van der Waals surface area contributed by atoms with Crippen LogP contribution in [0, 0.1) is 5.92 Å². The van der Waals surface area contributed by atoms with Crippen molar-refractivity contribution < 1.29 is 4.74 Å². The van der Waals surface area contributed by atoms with E-state index < -0.39 is 0 Å². The van der Waals surface area contributed by atoms with E-state index in [-0.39, 0.29) is 0 Å². The summed E-state index contributed by atoms with van der Waals surface area (Å²) in [6.07, 6.45) is 6.94. The third-order valence-electron chi connectivity index (χ3n) is 5.45. The quantitative estimate of drug-likeness (QED) is 0.746. The molecule has 0 aliphatic heterocycles. The van der Waals surface area contributed by atoms with Crippen molar-refractivity contribution in [3.63, 3.8) is 0 Å². The molecule has 0 aromatic heterocycles. The molecule has 0 unspecified atom stereocenters. The van der Waals surface area contributed by atoms with Crippen LogP contribution in [0.2, 0.25) is 0 Å². The molecule has 1 aliphatic carbocycles. The lowest BCUT2D eigenvalue weighted by Crippen LogP contribution is -2.30. The Morgan fingerprint density at radius 1 is 0.923 bits per heavy atom. The number of hydrogen-bond donors (Lipinski definition) is 1. The van der Waals surface area contributed by atoms with Gasteiger partial charge >= 0.3 is 0 Å². The molecule has 3 nitrogen and oxygen atoms in total. The van der Waals surface area contributed by atoms with E-state index in [0.29, 0.717) is 6.54 Å². The SMILES string of the molecule is COc1cccc(CN(Cc2ccc(CN)cc2)CC2CCCCC2)c1. The van der Waals surface area contributed by atoms with E-state index in [0.717, 1.165) is 24.8 Å². The minimum atomic E-state index is 0.607. The van der Waals surface area contributed by atoms with E-state index in [1.165, 1.54) is 55.3 Å². The molecule has 2 aromatic carbocycles. The van der Waals surface area contributed by atoms with Crippen LogP contribution < -0.4 is 10.5 Å². The highest BCUT2D eigenvalue weighted by molar-refractivity contribution is 5.28. The van der Waals surface area contributed by atoms with Gasteiger partial charge in [-0.1, -0.05) is 55.7 Å². The standard InChI is InChI=1S/C23H32N2O/c1-26-23-9-5-8-22(14-23)18-25(16-20-6-3-2-4-7-20)17-21-12-10-19(15-24)11-13-21/h5,8-14,20H,2-4,6-7,15-18,24H2,1H3. The summed E-state index contributed by atoms with van der Waals surface area (Å²) in [5.74, 6) is 1.77. The van der Waals surface area contributed by atoms with Crippen molar-refractivity contribution in [3.8, 4) is 5.75 Å². The lowest BCUT2D eigenvalue weighted by Gasteiger charge is -2.30. The maximum Gasteiger partial charge on any atom is 0.119 e. The topological polar surface area (TPSA) is 38.5 Å². The molecule has 0 radical (unpaired) electrons. The summed E-state index contributed by atoms with van der Waals surface area (Å²) in [7, 11) is 1.73. The molecule has 1 fully saturated rings. The molecule has 0 heterocycles. The molecule has 1 saturated carbocycles. The van der Waals surface area contributed by atoms with Gasteiger partial charge in [-0.2, -0.15) is 0 Å². The van der Waals surface area contributed by atoms with Gasteiger partial charge in [0.1, 0.15) is 5.75 Å². The molecule has 140 valence electrons. The van der Waals surface area contributed by atoms with E-state index in [9.17, 15) is 0 Å². The number of hydrogen-bond acceptors (Lipinski definition) is 3. The normalized spacial score (nSPS) is 15.3. The summed E-state index contributed by atoms with van der Waals surface area (Å²) >= 11 is 0. The van der Waals surface area contributed by atoms with Crippen LogP contribution >= 0.6 is 0 Å². The molecular weight excluding hydrogens is 320 g/mol. The van der Waals surface area contributed by atoms with Crippen LogP contribution in [0.25, 0.3) is 0 Å².